The average Bonchev–Trinajstić information content (AvgIpc) is 2.66. The van der Waals surface area contributed by atoms with Crippen LogP contribution in [0.4, 0.5) is 11.4 Å². The van der Waals surface area contributed by atoms with Crippen LogP contribution in [-0.4, -0.2) is 22.5 Å². The second-order valence-electron chi connectivity index (χ2n) is 5.80. The molecule has 2 aromatic rings. The smallest absolute Gasteiger partial charge is 0.283 e. The maximum Gasteiger partial charge on any atom is 0.283 e. The summed E-state index contributed by atoms with van der Waals surface area (Å²) in [5, 5.41) is 14.2. The number of amides is 2. The van der Waals surface area contributed by atoms with Crippen LogP contribution < -0.4 is 11.1 Å². The summed E-state index contributed by atoms with van der Waals surface area (Å²) >= 11 is 1.04. The maximum atomic E-state index is 12.4. The molecule has 142 valence electrons. The third-order valence-corrected chi connectivity index (χ3v) is 5.12. The molecule has 2 aromatic carbocycles. The minimum Gasteiger partial charge on any atom is -0.366 e. The lowest BCUT2D eigenvalue weighted by atomic mass is 10.0. The van der Waals surface area contributed by atoms with Crippen LogP contribution in [0.15, 0.2) is 41.3 Å². The van der Waals surface area contributed by atoms with Gasteiger partial charge in [0.2, 0.25) is 11.8 Å². The minimum atomic E-state index is -0.740. The van der Waals surface area contributed by atoms with Crippen molar-refractivity contribution in [2.24, 2.45) is 5.73 Å². The molecule has 0 aliphatic heterocycles. The summed E-state index contributed by atoms with van der Waals surface area (Å²) in [4.78, 5) is 34.6. The number of rotatable bonds is 8. The SMILES string of the molecule is CCc1cccc(CC)c1NC(=O)CSc1ccc(C(N)=O)cc1[N+](=O)[O-]. The average molecular weight is 387 g/mol. The number of nitrogens with two attached hydrogens (primary N) is 1. The standard InChI is InChI=1S/C19H21N3O4S/c1-3-12-6-5-7-13(4-2)18(12)21-17(23)11-27-16-9-8-14(19(20)24)10-15(16)22(25)26/h5-10H,3-4,11H2,1-2H3,(H2,20,24)(H,21,23). The Morgan fingerprint density at radius 1 is 1.15 bits per heavy atom. The molecule has 0 heterocycles. The summed E-state index contributed by atoms with van der Waals surface area (Å²) in [5.41, 5.74) is 7.88. The highest BCUT2D eigenvalue weighted by Crippen LogP contribution is 2.30. The van der Waals surface area contributed by atoms with E-state index in [4.69, 9.17) is 5.73 Å². The van der Waals surface area contributed by atoms with Crippen molar-refractivity contribution in [3.05, 3.63) is 63.2 Å². The van der Waals surface area contributed by atoms with Crippen LogP contribution in [-0.2, 0) is 17.6 Å². The summed E-state index contributed by atoms with van der Waals surface area (Å²) in [6, 6.07) is 9.88. The number of nitro groups is 1. The Kier molecular flexibility index (Phi) is 6.95. The predicted molar refractivity (Wildman–Crippen MR) is 106 cm³/mol. The first kappa shape index (κ1) is 20.4. The number of aryl methyl sites for hydroxylation is 2. The topological polar surface area (TPSA) is 115 Å². The zero-order chi connectivity index (χ0) is 20.0. The van der Waals surface area contributed by atoms with Crippen LogP contribution in [0.5, 0.6) is 0 Å². The van der Waals surface area contributed by atoms with E-state index in [-0.39, 0.29) is 22.9 Å². The molecule has 0 spiro atoms. The summed E-state index contributed by atoms with van der Waals surface area (Å²) in [6.07, 6.45) is 1.58. The molecular weight excluding hydrogens is 366 g/mol. The lowest BCUT2D eigenvalue weighted by Crippen LogP contribution is -2.17. The Bertz CT molecular complexity index is 861. The molecule has 2 rings (SSSR count). The Morgan fingerprint density at radius 2 is 1.78 bits per heavy atom. The van der Waals surface area contributed by atoms with Crippen LogP contribution in [0.25, 0.3) is 0 Å². The number of primary amides is 1. The van der Waals surface area contributed by atoms with Gasteiger partial charge in [-0.25, -0.2) is 0 Å². The van der Waals surface area contributed by atoms with Crippen molar-refractivity contribution in [2.75, 3.05) is 11.1 Å². The van der Waals surface area contributed by atoms with Crippen LogP contribution in [0, 0.1) is 10.1 Å². The lowest BCUT2D eigenvalue weighted by molar-refractivity contribution is -0.387. The Morgan fingerprint density at radius 3 is 2.30 bits per heavy atom. The highest BCUT2D eigenvalue weighted by molar-refractivity contribution is 8.00. The van der Waals surface area contributed by atoms with E-state index in [1.54, 1.807) is 0 Å². The molecule has 0 bridgehead atoms. The molecule has 27 heavy (non-hydrogen) atoms. The molecule has 0 aromatic heterocycles. The van der Waals surface area contributed by atoms with Gasteiger partial charge < -0.3 is 11.1 Å². The van der Waals surface area contributed by atoms with Crippen LogP contribution in [0.3, 0.4) is 0 Å². The Hall–Kier alpha value is -2.87. The number of thioether (sulfide) groups is 1. The Balaban J connectivity index is 2.15. The molecule has 0 fully saturated rings. The highest BCUT2D eigenvalue weighted by Gasteiger charge is 2.18. The number of nitrogens with zero attached hydrogens (tertiary/aromatic N) is 1. The van der Waals surface area contributed by atoms with E-state index < -0.39 is 10.8 Å². The Labute approximate surface area is 161 Å². The van der Waals surface area contributed by atoms with Crippen molar-refractivity contribution in [1.82, 2.24) is 0 Å². The number of nitrogens with one attached hydrogen (secondary N) is 1. The van der Waals surface area contributed by atoms with Gasteiger partial charge in [0.1, 0.15) is 0 Å². The van der Waals surface area contributed by atoms with Crippen LogP contribution in [0.1, 0.15) is 35.3 Å². The van der Waals surface area contributed by atoms with Crippen molar-refractivity contribution >= 4 is 35.0 Å². The summed E-state index contributed by atoms with van der Waals surface area (Å²) < 4.78 is 0. The van der Waals surface area contributed by atoms with Gasteiger partial charge in [-0.05, 0) is 36.1 Å². The van der Waals surface area contributed by atoms with Gasteiger partial charge in [0.05, 0.1) is 15.6 Å². The third-order valence-electron chi connectivity index (χ3n) is 4.06. The number of para-hydroxylation sites is 1. The fraction of sp³-hybridized carbons (Fsp3) is 0.263. The maximum absolute atomic E-state index is 12.4. The molecule has 2 amide bonds. The molecule has 0 atom stereocenters. The quantitative estimate of drug-likeness (QED) is 0.408. The molecule has 8 heteroatoms. The van der Waals surface area contributed by atoms with E-state index in [2.05, 4.69) is 5.32 Å². The monoisotopic (exact) mass is 387 g/mol. The molecule has 0 aliphatic carbocycles. The van der Waals surface area contributed by atoms with E-state index in [0.29, 0.717) is 4.90 Å². The molecule has 0 saturated heterocycles. The molecular formula is C19H21N3O4S. The van der Waals surface area contributed by atoms with Gasteiger partial charge >= 0.3 is 0 Å². The first-order valence-electron chi connectivity index (χ1n) is 8.49. The highest BCUT2D eigenvalue weighted by atomic mass is 32.2. The van der Waals surface area contributed by atoms with Gasteiger partial charge in [-0.3, -0.25) is 19.7 Å². The number of benzene rings is 2. The van der Waals surface area contributed by atoms with Crippen LogP contribution >= 0.6 is 11.8 Å². The fourth-order valence-corrected chi connectivity index (χ4v) is 3.46. The second-order valence-corrected chi connectivity index (χ2v) is 6.82. The number of hydrogen-bond donors (Lipinski definition) is 2. The summed E-state index contributed by atoms with van der Waals surface area (Å²) in [6.45, 7) is 4.03. The van der Waals surface area contributed by atoms with Crippen molar-refractivity contribution in [3.63, 3.8) is 0 Å². The van der Waals surface area contributed by atoms with E-state index in [9.17, 15) is 19.7 Å². The number of carbonyl (C=O) groups is 2. The zero-order valence-corrected chi connectivity index (χ0v) is 16.0. The van der Waals surface area contributed by atoms with Crippen molar-refractivity contribution < 1.29 is 14.5 Å². The molecule has 0 aliphatic rings. The van der Waals surface area contributed by atoms with E-state index in [0.717, 1.165) is 47.5 Å². The van der Waals surface area contributed by atoms with Crippen molar-refractivity contribution in [1.29, 1.82) is 0 Å². The van der Waals surface area contributed by atoms with Crippen LogP contribution in [0.2, 0.25) is 0 Å². The number of carbonyl (C=O) groups excluding carboxylic acids is 2. The van der Waals surface area contributed by atoms with Gasteiger partial charge in [-0.15, -0.1) is 11.8 Å². The number of anilines is 1. The first-order chi connectivity index (χ1) is 12.9. The predicted octanol–water partition coefficient (Wildman–Crippen LogP) is 3.55. The van der Waals surface area contributed by atoms with Crippen molar-refractivity contribution in [3.8, 4) is 0 Å². The van der Waals surface area contributed by atoms with Gasteiger partial charge in [0.25, 0.3) is 5.69 Å². The molecule has 0 saturated carbocycles. The largest absolute Gasteiger partial charge is 0.366 e. The molecule has 3 N–H and O–H groups in total. The molecule has 7 nitrogen and oxygen atoms in total. The zero-order valence-electron chi connectivity index (χ0n) is 15.2. The second kappa shape index (κ2) is 9.18. The molecule has 0 radical (unpaired) electrons. The van der Waals surface area contributed by atoms with E-state index >= 15 is 0 Å². The van der Waals surface area contributed by atoms with E-state index in [1.807, 2.05) is 32.0 Å². The normalized spacial score (nSPS) is 10.4. The molecule has 0 unspecified atom stereocenters. The minimum absolute atomic E-state index is 0.0119. The van der Waals surface area contributed by atoms with Gasteiger partial charge in [0.15, 0.2) is 0 Å². The van der Waals surface area contributed by atoms with Crippen molar-refractivity contribution in [2.45, 2.75) is 31.6 Å². The van der Waals surface area contributed by atoms with Gasteiger partial charge in [-0.1, -0.05) is 32.0 Å². The van der Waals surface area contributed by atoms with Gasteiger partial charge in [0, 0.05) is 17.3 Å². The first-order valence-corrected chi connectivity index (χ1v) is 9.47. The van der Waals surface area contributed by atoms with E-state index in [1.165, 1.54) is 12.1 Å². The number of hydrogen-bond acceptors (Lipinski definition) is 5. The lowest BCUT2D eigenvalue weighted by Gasteiger charge is -2.14. The summed E-state index contributed by atoms with van der Waals surface area (Å²) in [5.74, 6) is -0.975. The number of nitro benzene ring substituents is 1. The van der Waals surface area contributed by atoms with Gasteiger partial charge in [-0.2, -0.15) is 0 Å². The fourth-order valence-electron chi connectivity index (χ4n) is 2.66. The third kappa shape index (κ3) is 5.07. The summed E-state index contributed by atoms with van der Waals surface area (Å²) in [7, 11) is 0.